The predicted octanol–water partition coefficient (Wildman–Crippen LogP) is 3.70. The molecule has 1 aromatic heterocycles. The number of H-pyrrole nitrogens is 1. The summed E-state index contributed by atoms with van der Waals surface area (Å²) in [5, 5.41) is 5.07. The number of benzene rings is 2. The number of pyridine rings is 1. The van der Waals surface area contributed by atoms with Crippen LogP contribution in [0.1, 0.15) is 18.7 Å². The van der Waals surface area contributed by atoms with Crippen molar-refractivity contribution in [1.29, 1.82) is 0 Å². The molecular weight excluding hydrogens is 248 g/mol. The summed E-state index contributed by atoms with van der Waals surface area (Å²) in [7, 11) is 0. The monoisotopic (exact) mass is 264 g/mol. The molecule has 0 aliphatic carbocycles. The van der Waals surface area contributed by atoms with Gasteiger partial charge in [0.2, 0.25) is 0 Å². The molecule has 2 aromatic carbocycles. The molecule has 3 rings (SSSR count). The summed E-state index contributed by atoms with van der Waals surface area (Å²) in [5.41, 5.74) is 1.88. The van der Waals surface area contributed by atoms with E-state index in [9.17, 15) is 4.79 Å². The minimum atomic E-state index is -0.0418. The highest BCUT2D eigenvalue weighted by atomic mass is 16.1. The molecular formula is C17H16N2O. The van der Waals surface area contributed by atoms with Gasteiger partial charge in [0.1, 0.15) is 0 Å². The van der Waals surface area contributed by atoms with Gasteiger partial charge in [-0.2, -0.15) is 0 Å². The molecule has 0 saturated heterocycles. The molecule has 0 aliphatic heterocycles. The lowest BCUT2D eigenvalue weighted by Gasteiger charge is -2.15. The molecule has 100 valence electrons. The summed E-state index contributed by atoms with van der Waals surface area (Å²) in [6.45, 7) is 2.03. The van der Waals surface area contributed by atoms with E-state index < -0.39 is 0 Å². The minimum Gasteiger partial charge on any atom is -0.377 e. The lowest BCUT2D eigenvalue weighted by atomic mass is 10.1. The van der Waals surface area contributed by atoms with Gasteiger partial charge in [-0.1, -0.05) is 36.4 Å². The van der Waals surface area contributed by atoms with Gasteiger partial charge < -0.3 is 10.3 Å². The van der Waals surface area contributed by atoms with Gasteiger partial charge in [0, 0.05) is 16.8 Å². The molecule has 1 heterocycles. The number of nitrogens with one attached hydrogen (secondary N) is 2. The Balaban J connectivity index is 1.96. The maximum atomic E-state index is 12.1. The van der Waals surface area contributed by atoms with Crippen LogP contribution in [0.25, 0.3) is 10.8 Å². The average molecular weight is 264 g/mol. The molecule has 0 aliphatic rings. The highest BCUT2D eigenvalue weighted by Gasteiger charge is 2.08. The van der Waals surface area contributed by atoms with Crippen molar-refractivity contribution < 1.29 is 0 Å². The molecule has 0 saturated carbocycles. The van der Waals surface area contributed by atoms with E-state index in [2.05, 4.69) is 10.3 Å². The fourth-order valence-corrected chi connectivity index (χ4v) is 2.33. The topological polar surface area (TPSA) is 44.9 Å². The van der Waals surface area contributed by atoms with Gasteiger partial charge in [0.05, 0.1) is 6.04 Å². The Kier molecular flexibility index (Phi) is 3.25. The zero-order valence-corrected chi connectivity index (χ0v) is 11.3. The third-order valence-electron chi connectivity index (χ3n) is 3.40. The second-order valence-electron chi connectivity index (χ2n) is 4.87. The lowest BCUT2D eigenvalue weighted by Crippen LogP contribution is -2.15. The van der Waals surface area contributed by atoms with Gasteiger partial charge in [-0.25, -0.2) is 0 Å². The third kappa shape index (κ3) is 2.43. The summed E-state index contributed by atoms with van der Waals surface area (Å²) in [4.78, 5) is 15.0. The Hall–Kier alpha value is -2.55. The van der Waals surface area contributed by atoms with E-state index in [0.717, 1.165) is 22.2 Å². The van der Waals surface area contributed by atoms with E-state index in [4.69, 9.17) is 0 Å². The van der Waals surface area contributed by atoms with Gasteiger partial charge in [-0.3, -0.25) is 4.79 Å². The normalized spacial score (nSPS) is 12.2. The summed E-state index contributed by atoms with van der Waals surface area (Å²) in [6.07, 6.45) is 0. The summed E-state index contributed by atoms with van der Waals surface area (Å²) in [6, 6.07) is 19.7. The quantitative estimate of drug-likeness (QED) is 0.757. The zero-order chi connectivity index (χ0) is 13.9. The fourth-order valence-electron chi connectivity index (χ4n) is 2.33. The van der Waals surface area contributed by atoms with E-state index >= 15 is 0 Å². The van der Waals surface area contributed by atoms with Crippen molar-refractivity contribution in [2.45, 2.75) is 13.0 Å². The highest BCUT2D eigenvalue weighted by molar-refractivity contribution is 5.81. The van der Waals surface area contributed by atoms with Crippen LogP contribution in [0, 0.1) is 0 Å². The highest BCUT2D eigenvalue weighted by Crippen LogP contribution is 2.19. The Labute approximate surface area is 117 Å². The van der Waals surface area contributed by atoms with E-state index in [0.29, 0.717) is 0 Å². The van der Waals surface area contributed by atoms with Crippen molar-refractivity contribution in [3.05, 3.63) is 76.7 Å². The van der Waals surface area contributed by atoms with E-state index in [1.165, 1.54) is 0 Å². The Bertz CT molecular complexity index is 778. The molecule has 0 fully saturated rings. The predicted molar refractivity (Wildman–Crippen MR) is 83.0 cm³/mol. The van der Waals surface area contributed by atoms with Crippen LogP contribution < -0.4 is 10.9 Å². The zero-order valence-electron chi connectivity index (χ0n) is 11.3. The van der Waals surface area contributed by atoms with Crippen molar-refractivity contribution in [3.8, 4) is 0 Å². The Morgan fingerprint density at radius 3 is 2.50 bits per heavy atom. The molecule has 1 atom stereocenters. The largest absolute Gasteiger partial charge is 0.377 e. The minimum absolute atomic E-state index is 0.0368. The molecule has 0 amide bonds. The number of para-hydroxylation sites is 1. The molecule has 3 heteroatoms. The van der Waals surface area contributed by atoms with Crippen LogP contribution in [0.15, 0.2) is 65.5 Å². The first-order valence-corrected chi connectivity index (χ1v) is 6.67. The number of fused-ring (bicyclic) bond motifs is 1. The molecule has 0 bridgehead atoms. The van der Waals surface area contributed by atoms with Gasteiger partial charge >= 0.3 is 0 Å². The van der Waals surface area contributed by atoms with Crippen LogP contribution in [0.3, 0.4) is 0 Å². The Morgan fingerprint density at radius 2 is 1.70 bits per heavy atom. The summed E-state index contributed by atoms with van der Waals surface area (Å²) in [5.74, 6) is 0. The van der Waals surface area contributed by atoms with Crippen LogP contribution in [-0.4, -0.2) is 4.98 Å². The lowest BCUT2D eigenvalue weighted by molar-refractivity contribution is 0.836. The standard InChI is InChI=1S/C17H16N2O/c1-12(18-14-8-3-2-4-9-14)16-11-13-7-5-6-10-15(13)17(20)19-16/h2-12,18H,1H3,(H,19,20)/t12-/m0/s1. The number of hydrogen-bond acceptors (Lipinski definition) is 2. The number of rotatable bonds is 3. The third-order valence-corrected chi connectivity index (χ3v) is 3.40. The molecule has 20 heavy (non-hydrogen) atoms. The van der Waals surface area contributed by atoms with Gasteiger partial charge in [0.15, 0.2) is 0 Å². The van der Waals surface area contributed by atoms with Gasteiger partial charge in [0.25, 0.3) is 5.56 Å². The van der Waals surface area contributed by atoms with Gasteiger partial charge in [-0.15, -0.1) is 0 Å². The number of aromatic nitrogens is 1. The number of hydrogen-bond donors (Lipinski definition) is 2. The van der Waals surface area contributed by atoms with E-state index in [1.54, 1.807) is 0 Å². The molecule has 2 N–H and O–H groups in total. The fraction of sp³-hybridized carbons (Fsp3) is 0.118. The number of aromatic amines is 1. The van der Waals surface area contributed by atoms with Crippen LogP contribution in [0.5, 0.6) is 0 Å². The molecule has 3 aromatic rings. The summed E-state index contributed by atoms with van der Waals surface area (Å²) < 4.78 is 0. The maximum Gasteiger partial charge on any atom is 0.256 e. The van der Waals surface area contributed by atoms with E-state index in [1.807, 2.05) is 67.6 Å². The second-order valence-corrected chi connectivity index (χ2v) is 4.87. The molecule has 0 radical (unpaired) electrons. The first-order valence-electron chi connectivity index (χ1n) is 6.67. The van der Waals surface area contributed by atoms with Crippen molar-refractivity contribution in [1.82, 2.24) is 4.98 Å². The van der Waals surface area contributed by atoms with Crippen LogP contribution in [0.4, 0.5) is 5.69 Å². The summed E-state index contributed by atoms with van der Waals surface area (Å²) >= 11 is 0. The van der Waals surface area contributed by atoms with Crippen molar-refractivity contribution in [3.63, 3.8) is 0 Å². The molecule has 0 spiro atoms. The first-order chi connectivity index (χ1) is 9.74. The average Bonchev–Trinajstić information content (AvgIpc) is 2.48. The smallest absolute Gasteiger partial charge is 0.256 e. The van der Waals surface area contributed by atoms with Crippen LogP contribution in [0.2, 0.25) is 0 Å². The van der Waals surface area contributed by atoms with Crippen molar-refractivity contribution >= 4 is 16.5 Å². The second kappa shape index (κ2) is 5.21. The number of anilines is 1. The van der Waals surface area contributed by atoms with E-state index in [-0.39, 0.29) is 11.6 Å². The molecule has 3 nitrogen and oxygen atoms in total. The molecule has 0 unspecified atom stereocenters. The van der Waals surface area contributed by atoms with Crippen molar-refractivity contribution in [2.24, 2.45) is 0 Å². The van der Waals surface area contributed by atoms with Crippen LogP contribution in [-0.2, 0) is 0 Å². The van der Waals surface area contributed by atoms with Crippen LogP contribution >= 0.6 is 0 Å². The van der Waals surface area contributed by atoms with Gasteiger partial charge in [-0.05, 0) is 36.6 Å². The first kappa shape index (κ1) is 12.5. The Morgan fingerprint density at radius 1 is 1.00 bits per heavy atom. The maximum absolute atomic E-state index is 12.1. The SMILES string of the molecule is C[C@H](Nc1ccccc1)c1cc2ccccc2c(=O)[nH]1. The van der Waals surface area contributed by atoms with Crippen molar-refractivity contribution in [2.75, 3.05) is 5.32 Å².